The van der Waals surface area contributed by atoms with E-state index in [1.807, 2.05) is 88.3 Å². The molecule has 1 aliphatic carbocycles. The normalized spacial score (nSPS) is 14.0. The van der Waals surface area contributed by atoms with Crippen molar-refractivity contribution in [1.82, 2.24) is 4.90 Å². The highest BCUT2D eigenvalue weighted by Crippen LogP contribution is 2.30. The van der Waals surface area contributed by atoms with Crippen molar-refractivity contribution in [2.45, 2.75) is 53.1 Å². The second-order valence-corrected chi connectivity index (χ2v) is 9.75. The summed E-state index contributed by atoms with van der Waals surface area (Å²) in [5, 5.41) is 3.07. The van der Waals surface area contributed by atoms with E-state index in [0.29, 0.717) is 13.1 Å². The van der Waals surface area contributed by atoms with Gasteiger partial charge in [0.05, 0.1) is 0 Å². The van der Waals surface area contributed by atoms with Crippen LogP contribution in [0, 0.1) is 11.3 Å². The number of hydrogen-bond acceptors (Lipinski definition) is 3. The molecule has 0 aliphatic heterocycles. The lowest BCUT2D eigenvalue weighted by Gasteiger charge is -2.31. The monoisotopic (exact) mass is 421 g/mol. The fourth-order valence-electron chi connectivity index (χ4n) is 3.82. The smallest absolute Gasteiger partial charge is 0.228 e. The van der Waals surface area contributed by atoms with Crippen LogP contribution in [0.3, 0.4) is 0 Å². The standard InChI is InChI=1S/C26H35N3O2/c1-26(2,3)25(31)29(17-19-10-7-6-8-11-19)18-21-16-22(14-15-23(21)28(4)5)27-24(30)20-12-9-13-20/h6-8,10-11,14-16,20H,9,12-13,17-18H2,1-5H3,(H,27,30). The highest BCUT2D eigenvalue weighted by molar-refractivity contribution is 5.93. The molecule has 1 fully saturated rings. The molecule has 1 saturated carbocycles. The van der Waals surface area contributed by atoms with Crippen molar-refractivity contribution in [2.75, 3.05) is 24.3 Å². The molecule has 1 N–H and O–H groups in total. The summed E-state index contributed by atoms with van der Waals surface area (Å²) in [4.78, 5) is 29.7. The molecule has 1 aliphatic rings. The molecule has 5 nitrogen and oxygen atoms in total. The summed E-state index contributed by atoms with van der Waals surface area (Å²) in [6.07, 6.45) is 3.07. The number of benzene rings is 2. The first-order chi connectivity index (χ1) is 14.6. The van der Waals surface area contributed by atoms with Crippen LogP contribution in [0.25, 0.3) is 0 Å². The number of amides is 2. The van der Waals surface area contributed by atoms with Gasteiger partial charge in [0.15, 0.2) is 0 Å². The van der Waals surface area contributed by atoms with Crippen LogP contribution in [0.2, 0.25) is 0 Å². The summed E-state index contributed by atoms with van der Waals surface area (Å²) in [5.74, 6) is 0.334. The van der Waals surface area contributed by atoms with Crippen LogP contribution in [-0.2, 0) is 22.7 Å². The third-order valence-corrected chi connectivity index (χ3v) is 5.81. The van der Waals surface area contributed by atoms with Gasteiger partial charge in [-0.1, -0.05) is 57.5 Å². The molecule has 5 heteroatoms. The van der Waals surface area contributed by atoms with Crippen LogP contribution in [0.15, 0.2) is 48.5 Å². The van der Waals surface area contributed by atoms with Crippen molar-refractivity contribution in [3.8, 4) is 0 Å². The molecule has 2 aromatic rings. The van der Waals surface area contributed by atoms with Crippen molar-refractivity contribution in [2.24, 2.45) is 11.3 Å². The maximum absolute atomic E-state index is 13.3. The van der Waals surface area contributed by atoms with Gasteiger partial charge in [0.2, 0.25) is 11.8 Å². The second kappa shape index (κ2) is 9.54. The third kappa shape index (κ3) is 5.87. The molecule has 0 atom stereocenters. The summed E-state index contributed by atoms with van der Waals surface area (Å²) in [6.45, 7) is 6.88. The summed E-state index contributed by atoms with van der Waals surface area (Å²) in [6, 6.07) is 16.1. The Kier molecular flexibility index (Phi) is 7.04. The van der Waals surface area contributed by atoms with Gasteiger partial charge in [-0.3, -0.25) is 9.59 Å². The van der Waals surface area contributed by atoms with Crippen molar-refractivity contribution >= 4 is 23.2 Å². The molecule has 2 aromatic carbocycles. The van der Waals surface area contributed by atoms with Gasteiger partial charge in [0, 0.05) is 49.9 Å². The quantitative estimate of drug-likeness (QED) is 0.679. The van der Waals surface area contributed by atoms with Crippen LogP contribution in [0.4, 0.5) is 11.4 Å². The van der Waals surface area contributed by atoms with Gasteiger partial charge in [0.25, 0.3) is 0 Å². The molecule has 3 rings (SSSR count). The fraction of sp³-hybridized carbons (Fsp3) is 0.462. The molecule has 0 bridgehead atoms. The van der Waals surface area contributed by atoms with Gasteiger partial charge in [-0.25, -0.2) is 0 Å². The Bertz CT molecular complexity index is 912. The minimum Gasteiger partial charge on any atom is -0.377 e. The minimum atomic E-state index is -0.483. The van der Waals surface area contributed by atoms with E-state index in [1.165, 1.54) is 0 Å². The number of hydrogen-bond donors (Lipinski definition) is 1. The van der Waals surface area contributed by atoms with Gasteiger partial charge < -0.3 is 15.1 Å². The highest BCUT2D eigenvalue weighted by atomic mass is 16.2. The molecular weight excluding hydrogens is 386 g/mol. The van der Waals surface area contributed by atoms with Gasteiger partial charge in [-0.2, -0.15) is 0 Å². The predicted molar refractivity (Wildman–Crippen MR) is 127 cm³/mol. The molecule has 0 heterocycles. The Morgan fingerprint density at radius 2 is 1.68 bits per heavy atom. The summed E-state index contributed by atoms with van der Waals surface area (Å²) >= 11 is 0. The van der Waals surface area contributed by atoms with E-state index < -0.39 is 5.41 Å². The number of nitrogens with zero attached hydrogens (tertiary/aromatic N) is 2. The van der Waals surface area contributed by atoms with E-state index in [1.54, 1.807) is 0 Å². The Morgan fingerprint density at radius 1 is 1.00 bits per heavy atom. The first-order valence-electron chi connectivity index (χ1n) is 11.1. The van der Waals surface area contributed by atoms with E-state index in [-0.39, 0.29) is 17.7 Å². The third-order valence-electron chi connectivity index (χ3n) is 5.81. The van der Waals surface area contributed by atoms with Crippen LogP contribution < -0.4 is 10.2 Å². The molecule has 0 unspecified atom stereocenters. The number of carbonyl (C=O) groups excluding carboxylic acids is 2. The van der Waals surface area contributed by atoms with Crippen LogP contribution in [-0.4, -0.2) is 30.8 Å². The lowest BCUT2D eigenvalue weighted by atomic mass is 9.85. The van der Waals surface area contributed by atoms with Gasteiger partial charge in [-0.15, -0.1) is 0 Å². The van der Waals surface area contributed by atoms with Crippen molar-refractivity contribution in [3.05, 3.63) is 59.7 Å². The van der Waals surface area contributed by atoms with Crippen LogP contribution in [0.1, 0.15) is 51.2 Å². The average molecular weight is 422 g/mol. The van der Waals surface area contributed by atoms with E-state index in [2.05, 4.69) is 10.2 Å². The number of rotatable bonds is 7. The van der Waals surface area contributed by atoms with Crippen molar-refractivity contribution < 1.29 is 9.59 Å². The average Bonchev–Trinajstić information content (AvgIpc) is 2.65. The van der Waals surface area contributed by atoms with E-state index in [0.717, 1.165) is 41.8 Å². The van der Waals surface area contributed by atoms with E-state index in [9.17, 15) is 9.59 Å². The van der Waals surface area contributed by atoms with Crippen LogP contribution >= 0.6 is 0 Å². The highest BCUT2D eigenvalue weighted by Gasteiger charge is 2.29. The lowest BCUT2D eigenvalue weighted by molar-refractivity contribution is -0.140. The SMILES string of the molecule is CN(C)c1ccc(NC(=O)C2CCC2)cc1CN(Cc1ccccc1)C(=O)C(C)(C)C. The van der Waals surface area contributed by atoms with Gasteiger partial charge >= 0.3 is 0 Å². The minimum absolute atomic E-state index is 0.0988. The topological polar surface area (TPSA) is 52.7 Å². The van der Waals surface area contributed by atoms with E-state index in [4.69, 9.17) is 0 Å². The molecule has 166 valence electrons. The molecule has 31 heavy (non-hydrogen) atoms. The summed E-state index contributed by atoms with van der Waals surface area (Å²) in [5.41, 5.74) is 3.47. The van der Waals surface area contributed by atoms with Gasteiger partial charge in [-0.05, 0) is 42.2 Å². The van der Waals surface area contributed by atoms with Crippen molar-refractivity contribution in [1.29, 1.82) is 0 Å². The lowest BCUT2D eigenvalue weighted by Crippen LogP contribution is -2.39. The maximum Gasteiger partial charge on any atom is 0.228 e. The Labute approximate surface area is 186 Å². The van der Waals surface area contributed by atoms with Crippen molar-refractivity contribution in [3.63, 3.8) is 0 Å². The number of nitrogens with one attached hydrogen (secondary N) is 1. The second-order valence-electron chi connectivity index (χ2n) is 9.75. The zero-order valence-corrected chi connectivity index (χ0v) is 19.4. The van der Waals surface area contributed by atoms with Gasteiger partial charge in [0.1, 0.15) is 0 Å². The molecule has 0 saturated heterocycles. The summed E-state index contributed by atoms with van der Waals surface area (Å²) in [7, 11) is 4.00. The maximum atomic E-state index is 13.3. The Balaban J connectivity index is 1.89. The molecule has 0 radical (unpaired) electrons. The Hall–Kier alpha value is -2.82. The molecule has 0 aromatic heterocycles. The predicted octanol–water partition coefficient (Wildman–Crippen LogP) is 5.07. The zero-order valence-electron chi connectivity index (χ0n) is 19.4. The molecule has 2 amide bonds. The molecular formula is C26H35N3O2. The first kappa shape index (κ1) is 22.9. The molecule has 0 spiro atoms. The Morgan fingerprint density at radius 3 is 2.23 bits per heavy atom. The number of anilines is 2. The summed E-state index contributed by atoms with van der Waals surface area (Å²) < 4.78 is 0. The first-order valence-corrected chi connectivity index (χ1v) is 11.1. The largest absolute Gasteiger partial charge is 0.377 e. The fourth-order valence-corrected chi connectivity index (χ4v) is 3.82. The number of carbonyl (C=O) groups is 2. The van der Waals surface area contributed by atoms with E-state index >= 15 is 0 Å². The zero-order chi connectivity index (χ0) is 22.6. The van der Waals surface area contributed by atoms with Crippen LogP contribution in [0.5, 0.6) is 0 Å².